The average Bonchev–Trinajstić information content (AvgIpc) is 2.84. The van der Waals surface area contributed by atoms with Crippen molar-refractivity contribution in [3.8, 4) is 5.75 Å². The van der Waals surface area contributed by atoms with Gasteiger partial charge in [-0.1, -0.05) is 6.07 Å². The molecule has 4 atom stereocenters. The quantitative estimate of drug-likeness (QED) is 0.110. The van der Waals surface area contributed by atoms with Gasteiger partial charge in [-0.05, 0) is 50.0 Å². The summed E-state index contributed by atoms with van der Waals surface area (Å²) in [4.78, 5) is 56.7. The number of aliphatic hydroxyl groups is 3. The lowest BCUT2D eigenvalue weighted by Gasteiger charge is -2.50. The van der Waals surface area contributed by atoms with E-state index in [0.29, 0.717) is 11.1 Å². The monoisotopic (exact) mass is 531 g/mol. The third-order valence-electron chi connectivity index (χ3n) is 7.48. The molecule has 7 N–H and O–H groups in total. The number of benzene rings is 1. The van der Waals surface area contributed by atoms with Crippen molar-refractivity contribution in [1.29, 1.82) is 0 Å². The summed E-state index contributed by atoms with van der Waals surface area (Å²) in [6, 6.07) is 1.73. The van der Waals surface area contributed by atoms with Crippen LogP contribution in [0.4, 0.5) is 0 Å². The van der Waals surface area contributed by atoms with Gasteiger partial charge in [0.2, 0.25) is 5.78 Å². The van der Waals surface area contributed by atoms with Crippen molar-refractivity contribution < 1.29 is 49.2 Å². The highest BCUT2D eigenvalue weighted by atomic mass is 16.7. The molecular formula is C25H29N3O10. The fourth-order valence-corrected chi connectivity index (χ4v) is 5.77. The lowest BCUT2D eigenvalue weighted by molar-refractivity contribution is -0.153. The smallest absolute Gasteiger partial charge is 0.333 e. The van der Waals surface area contributed by atoms with Crippen molar-refractivity contribution >= 4 is 29.2 Å². The Labute approximate surface area is 217 Å². The summed E-state index contributed by atoms with van der Waals surface area (Å²) in [6.07, 6.45) is 0.115. The second-order valence-corrected chi connectivity index (χ2v) is 9.74. The second-order valence-electron chi connectivity index (χ2n) is 9.74. The number of likely N-dealkylation sites (N-methyl/N-ethyl adjacent to an activating group) is 1. The van der Waals surface area contributed by atoms with Crippen molar-refractivity contribution in [1.82, 2.24) is 10.4 Å². The fourth-order valence-electron chi connectivity index (χ4n) is 5.77. The Bertz CT molecular complexity index is 1300. The SMILES string of the molecule is COC(=O)CONCc1ccc(O)c2c1CC1CC3[C@H](N(C)C)C(=O)C(C(N)=O)=C(O)[C@@]3(O)C(=O)C1=C2O. The van der Waals surface area contributed by atoms with Crippen LogP contribution in [-0.4, -0.2) is 88.2 Å². The summed E-state index contributed by atoms with van der Waals surface area (Å²) in [5, 5.41) is 44.2. The lowest BCUT2D eigenvalue weighted by Crippen LogP contribution is -2.65. The van der Waals surface area contributed by atoms with E-state index < -0.39 is 64.0 Å². The second kappa shape index (κ2) is 9.83. The van der Waals surface area contributed by atoms with Crippen molar-refractivity contribution in [3.05, 3.63) is 45.7 Å². The van der Waals surface area contributed by atoms with Crippen molar-refractivity contribution in [3.63, 3.8) is 0 Å². The number of ether oxygens (including phenoxy) is 1. The zero-order valence-electron chi connectivity index (χ0n) is 21.0. The molecule has 0 aromatic heterocycles. The van der Waals surface area contributed by atoms with Crippen molar-refractivity contribution in [2.45, 2.75) is 31.0 Å². The van der Waals surface area contributed by atoms with Crippen LogP contribution in [0.1, 0.15) is 23.1 Å². The van der Waals surface area contributed by atoms with Crippen molar-refractivity contribution in [2.24, 2.45) is 17.6 Å². The van der Waals surface area contributed by atoms with E-state index >= 15 is 0 Å². The molecule has 2 unspecified atom stereocenters. The first-order chi connectivity index (χ1) is 17.9. The van der Waals surface area contributed by atoms with E-state index in [2.05, 4.69) is 10.2 Å². The molecule has 0 saturated heterocycles. The molecule has 4 rings (SSSR count). The van der Waals surface area contributed by atoms with Crippen LogP contribution in [0.2, 0.25) is 0 Å². The molecule has 13 heteroatoms. The maximum atomic E-state index is 13.8. The Balaban J connectivity index is 1.80. The summed E-state index contributed by atoms with van der Waals surface area (Å²) < 4.78 is 4.50. The molecule has 3 aliphatic rings. The summed E-state index contributed by atoms with van der Waals surface area (Å²) in [7, 11) is 4.28. The van der Waals surface area contributed by atoms with Gasteiger partial charge in [-0.2, -0.15) is 5.48 Å². The molecule has 0 bridgehead atoms. The molecule has 0 aliphatic heterocycles. The highest BCUT2D eigenvalue weighted by Crippen LogP contribution is 2.52. The Hall–Kier alpha value is -3.78. The van der Waals surface area contributed by atoms with Gasteiger partial charge in [-0.3, -0.25) is 24.1 Å². The summed E-state index contributed by atoms with van der Waals surface area (Å²) in [5.74, 6) is -7.71. The van der Waals surface area contributed by atoms with Gasteiger partial charge < -0.3 is 30.9 Å². The number of rotatable bonds is 7. The van der Waals surface area contributed by atoms with Gasteiger partial charge in [0, 0.05) is 18.0 Å². The molecule has 1 amide bonds. The molecule has 1 fully saturated rings. The van der Waals surface area contributed by atoms with Gasteiger partial charge in [0.25, 0.3) is 5.91 Å². The van der Waals surface area contributed by atoms with Crippen LogP contribution in [0, 0.1) is 11.8 Å². The number of Topliss-reactive ketones (excluding diaryl/α,β-unsaturated/α-hetero) is 2. The summed E-state index contributed by atoms with van der Waals surface area (Å²) in [5.41, 5.74) is 5.17. The largest absolute Gasteiger partial charge is 0.508 e. The molecule has 204 valence electrons. The molecule has 0 heterocycles. The Morgan fingerprint density at radius 3 is 2.50 bits per heavy atom. The summed E-state index contributed by atoms with van der Waals surface area (Å²) in [6.45, 7) is -0.283. The number of nitrogens with one attached hydrogen (secondary N) is 1. The number of methoxy groups -OCH3 is 1. The van der Waals surface area contributed by atoms with E-state index in [4.69, 9.17) is 10.6 Å². The molecule has 1 saturated carbocycles. The van der Waals surface area contributed by atoms with Gasteiger partial charge >= 0.3 is 5.97 Å². The predicted molar refractivity (Wildman–Crippen MR) is 129 cm³/mol. The number of hydrogen-bond acceptors (Lipinski definition) is 12. The summed E-state index contributed by atoms with van der Waals surface area (Å²) >= 11 is 0. The first-order valence-electron chi connectivity index (χ1n) is 11.8. The first kappa shape index (κ1) is 27.3. The zero-order valence-corrected chi connectivity index (χ0v) is 21.0. The molecule has 38 heavy (non-hydrogen) atoms. The van der Waals surface area contributed by atoms with Crippen LogP contribution in [0.15, 0.2) is 29.0 Å². The Kier molecular flexibility index (Phi) is 7.05. The number of phenols is 1. The number of amides is 1. The predicted octanol–water partition coefficient (Wildman–Crippen LogP) is -0.842. The Morgan fingerprint density at radius 1 is 1.21 bits per heavy atom. The maximum absolute atomic E-state index is 13.8. The third-order valence-corrected chi connectivity index (χ3v) is 7.48. The molecule has 1 aromatic carbocycles. The van der Waals surface area contributed by atoms with E-state index in [1.807, 2.05) is 0 Å². The number of phenolic OH excluding ortho intramolecular Hbond substituents is 1. The topological polar surface area (TPSA) is 209 Å². The molecule has 0 radical (unpaired) electrons. The number of esters is 1. The van der Waals surface area contributed by atoms with Gasteiger partial charge in [-0.15, -0.1) is 0 Å². The van der Waals surface area contributed by atoms with Crippen LogP contribution >= 0.6 is 0 Å². The number of hydrogen-bond donors (Lipinski definition) is 6. The fraction of sp³-hybridized carbons (Fsp3) is 0.440. The number of aromatic hydroxyl groups is 1. The highest BCUT2D eigenvalue weighted by Gasteiger charge is 2.64. The molecule has 3 aliphatic carbocycles. The van der Waals surface area contributed by atoms with Crippen LogP contribution in [0.5, 0.6) is 5.75 Å². The van der Waals surface area contributed by atoms with Crippen LogP contribution < -0.4 is 11.2 Å². The maximum Gasteiger partial charge on any atom is 0.333 e. The normalized spacial score (nSPS) is 26.7. The number of primary amides is 1. The molecule has 13 nitrogen and oxygen atoms in total. The van der Waals surface area contributed by atoms with Gasteiger partial charge in [-0.25, -0.2) is 4.79 Å². The Morgan fingerprint density at radius 2 is 1.89 bits per heavy atom. The van der Waals surface area contributed by atoms with E-state index in [9.17, 15) is 39.6 Å². The van der Waals surface area contributed by atoms with E-state index in [0.717, 1.165) is 0 Å². The minimum absolute atomic E-state index is 0.0207. The van der Waals surface area contributed by atoms with Crippen LogP contribution in [-0.2, 0) is 41.7 Å². The molecule has 1 aromatic rings. The number of fused-ring (bicyclic) bond motifs is 3. The molecular weight excluding hydrogens is 502 g/mol. The minimum Gasteiger partial charge on any atom is -0.508 e. The van der Waals surface area contributed by atoms with Gasteiger partial charge in [0.15, 0.2) is 18.0 Å². The number of nitrogens with two attached hydrogens (primary N) is 1. The van der Waals surface area contributed by atoms with E-state index in [1.165, 1.54) is 32.2 Å². The van der Waals surface area contributed by atoms with E-state index in [-0.39, 0.29) is 42.9 Å². The highest BCUT2D eigenvalue weighted by molar-refractivity contribution is 6.24. The van der Waals surface area contributed by atoms with Crippen LogP contribution in [0.25, 0.3) is 5.76 Å². The average molecular weight is 532 g/mol. The standard InChI is InChI=1S/C25H29N3O10/c1-28(2)19-13-7-11-6-12-10(8-27-38-9-15(30)37-3)4-5-14(29)17(12)20(31)16(11)22(33)25(13,36)23(34)18(21(19)32)24(26)35/h4-5,11,13,19,27,29,31,34,36H,6-9H2,1-3H3,(H2,26,35)/t11?,13?,19-,25-/m0/s1. The number of carbonyl (C=O) groups excluding carboxylic acids is 4. The number of aliphatic hydroxyl groups excluding tert-OH is 2. The zero-order chi connectivity index (χ0) is 28.1. The minimum atomic E-state index is -2.69. The number of ketones is 2. The van der Waals surface area contributed by atoms with E-state index in [1.54, 1.807) is 6.07 Å². The number of hydroxylamine groups is 1. The number of carbonyl (C=O) groups is 4. The number of nitrogens with zero attached hydrogens (tertiary/aromatic N) is 1. The van der Waals surface area contributed by atoms with Crippen LogP contribution in [0.3, 0.4) is 0 Å². The van der Waals surface area contributed by atoms with Crippen molar-refractivity contribution in [2.75, 3.05) is 27.8 Å². The first-order valence-corrected chi connectivity index (χ1v) is 11.8. The van der Waals surface area contributed by atoms with Gasteiger partial charge in [0.1, 0.15) is 22.8 Å². The lowest BCUT2D eigenvalue weighted by atomic mass is 9.57. The van der Waals surface area contributed by atoms with Gasteiger partial charge in [0.05, 0.1) is 18.7 Å². The molecule has 0 spiro atoms. The third kappa shape index (κ3) is 4.04.